The van der Waals surface area contributed by atoms with Gasteiger partial charge in [0.25, 0.3) is 5.56 Å². The maximum absolute atomic E-state index is 13.5. The van der Waals surface area contributed by atoms with Crippen LogP contribution in [0.1, 0.15) is 23.7 Å². The van der Waals surface area contributed by atoms with Gasteiger partial charge in [0.2, 0.25) is 0 Å². The van der Waals surface area contributed by atoms with Crippen molar-refractivity contribution in [3.8, 4) is 0 Å². The average molecular weight is 367 g/mol. The van der Waals surface area contributed by atoms with E-state index < -0.39 is 0 Å². The number of rotatable bonds is 3. The highest BCUT2D eigenvalue weighted by Gasteiger charge is 2.33. The first kappa shape index (κ1) is 16.3. The zero-order valence-corrected chi connectivity index (χ0v) is 14.6. The van der Waals surface area contributed by atoms with Gasteiger partial charge in [0.05, 0.1) is 30.5 Å². The summed E-state index contributed by atoms with van der Waals surface area (Å²) in [5.41, 5.74) is 2.48. The lowest BCUT2D eigenvalue weighted by Gasteiger charge is -2.21. The van der Waals surface area contributed by atoms with Crippen molar-refractivity contribution < 1.29 is 9.13 Å². The van der Waals surface area contributed by atoms with Gasteiger partial charge in [-0.1, -0.05) is 0 Å². The molecular weight excluding hydrogens is 349 g/mol. The molecule has 0 spiro atoms. The number of halogens is 1. The molecule has 8 heteroatoms. The summed E-state index contributed by atoms with van der Waals surface area (Å²) in [4.78, 5) is 21.0. The highest BCUT2D eigenvalue weighted by Crippen LogP contribution is 2.26. The Kier molecular flexibility index (Phi) is 3.86. The van der Waals surface area contributed by atoms with Crippen LogP contribution < -0.4 is 10.9 Å². The SMILES string of the molecule is O=c1cc2c(nn1C1COCC1Nc1ncnc3cc(F)ccc13)CCC2. The smallest absolute Gasteiger partial charge is 0.267 e. The van der Waals surface area contributed by atoms with E-state index in [0.29, 0.717) is 24.5 Å². The van der Waals surface area contributed by atoms with E-state index in [4.69, 9.17) is 4.74 Å². The van der Waals surface area contributed by atoms with E-state index in [0.717, 1.165) is 35.9 Å². The summed E-state index contributed by atoms with van der Waals surface area (Å²) < 4.78 is 20.6. The maximum atomic E-state index is 13.5. The molecule has 3 aromatic rings. The van der Waals surface area contributed by atoms with E-state index in [9.17, 15) is 9.18 Å². The molecule has 1 aromatic carbocycles. The number of hydrogen-bond donors (Lipinski definition) is 1. The third kappa shape index (κ3) is 2.86. The number of aromatic nitrogens is 4. The van der Waals surface area contributed by atoms with Crippen LogP contribution in [0.25, 0.3) is 10.9 Å². The molecule has 2 aliphatic rings. The molecule has 0 saturated carbocycles. The molecule has 1 saturated heterocycles. The molecule has 1 aliphatic carbocycles. The fourth-order valence-corrected chi connectivity index (χ4v) is 3.90. The van der Waals surface area contributed by atoms with Gasteiger partial charge >= 0.3 is 0 Å². The normalized spacial score (nSPS) is 21.5. The number of hydrogen-bond acceptors (Lipinski definition) is 6. The van der Waals surface area contributed by atoms with Crippen molar-refractivity contribution in [3.05, 3.63) is 58.0 Å². The highest BCUT2D eigenvalue weighted by atomic mass is 19.1. The third-order valence-corrected chi connectivity index (χ3v) is 5.27. The predicted molar refractivity (Wildman–Crippen MR) is 97.3 cm³/mol. The van der Waals surface area contributed by atoms with Gasteiger partial charge in [-0.2, -0.15) is 5.10 Å². The van der Waals surface area contributed by atoms with Crippen LogP contribution in [0.15, 0.2) is 35.4 Å². The Bertz CT molecular complexity index is 1080. The lowest BCUT2D eigenvalue weighted by Crippen LogP contribution is -2.38. The fourth-order valence-electron chi connectivity index (χ4n) is 3.90. The van der Waals surface area contributed by atoms with Crippen LogP contribution in [0, 0.1) is 5.82 Å². The molecule has 2 unspecified atom stereocenters. The second-order valence-corrected chi connectivity index (χ2v) is 6.99. The van der Waals surface area contributed by atoms with E-state index in [-0.39, 0.29) is 23.5 Å². The zero-order valence-electron chi connectivity index (χ0n) is 14.6. The van der Waals surface area contributed by atoms with Crippen molar-refractivity contribution in [2.75, 3.05) is 18.5 Å². The van der Waals surface area contributed by atoms with E-state index in [1.807, 2.05) is 0 Å². The van der Waals surface area contributed by atoms with Gasteiger partial charge in [0, 0.05) is 17.5 Å². The van der Waals surface area contributed by atoms with Crippen molar-refractivity contribution in [1.29, 1.82) is 0 Å². The fraction of sp³-hybridized carbons (Fsp3) is 0.368. The summed E-state index contributed by atoms with van der Waals surface area (Å²) >= 11 is 0. The van der Waals surface area contributed by atoms with Crippen LogP contribution in [0.3, 0.4) is 0 Å². The zero-order chi connectivity index (χ0) is 18.4. The van der Waals surface area contributed by atoms with Crippen LogP contribution in [-0.2, 0) is 17.6 Å². The molecule has 2 atom stereocenters. The first-order chi connectivity index (χ1) is 13.2. The molecule has 0 radical (unpaired) electrons. The Labute approximate surface area is 154 Å². The summed E-state index contributed by atoms with van der Waals surface area (Å²) in [6, 6.07) is 5.71. The van der Waals surface area contributed by atoms with Gasteiger partial charge in [-0.05, 0) is 37.0 Å². The molecule has 1 fully saturated rings. The van der Waals surface area contributed by atoms with Crippen LogP contribution in [-0.4, -0.2) is 39.0 Å². The molecule has 27 heavy (non-hydrogen) atoms. The van der Waals surface area contributed by atoms with Crippen molar-refractivity contribution in [3.63, 3.8) is 0 Å². The second kappa shape index (κ2) is 6.38. The van der Waals surface area contributed by atoms with E-state index in [2.05, 4.69) is 20.4 Å². The molecule has 5 rings (SSSR count). The van der Waals surface area contributed by atoms with Crippen molar-refractivity contribution >= 4 is 16.7 Å². The molecule has 1 aliphatic heterocycles. The maximum Gasteiger partial charge on any atom is 0.267 e. The van der Waals surface area contributed by atoms with Gasteiger partial charge in [-0.15, -0.1) is 0 Å². The topological polar surface area (TPSA) is 81.9 Å². The Morgan fingerprint density at radius 1 is 1.19 bits per heavy atom. The Morgan fingerprint density at radius 3 is 3.04 bits per heavy atom. The minimum Gasteiger partial charge on any atom is -0.377 e. The van der Waals surface area contributed by atoms with Crippen molar-refractivity contribution in [1.82, 2.24) is 19.7 Å². The van der Waals surface area contributed by atoms with Gasteiger partial charge in [0.15, 0.2) is 0 Å². The Morgan fingerprint density at radius 2 is 2.11 bits per heavy atom. The van der Waals surface area contributed by atoms with Gasteiger partial charge in [0.1, 0.15) is 24.0 Å². The standard InChI is InChI=1S/C19H18FN5O2/c20-12-4-5-13-15(7-12)21-10-22-19(13)23-16-8-27-9-17(16)25-18(26)6-11-2-1-3-14(11)24-25/h4-7,10,16-17H,1-3,8-9H2,(H,21,22,23). The van der Waals surface area contributed by atoms with Gasteiger partial charge in [-0.3, -0.25) is 4.79 Å². The number of benzene rings is 1. The Hall–Kier alpha value is -2.87. The van der Waals surface area contributed by atoms with Crippen LogP contribution >= 0.6 is 0 Å². The molecule has 7 nitrogen and oxygen atoms in total. The minimum atomic E-state index is -0.344. The van der Waals surface area contributed by atoms with E-state index in [1.54, 1.807) is 12.1 Å². The first-order valence-corrected chi connectivity index (χ1v) is 9.05. The van der Waals surface area contributed by atoms with Crippen LogP contribution in [0.4, 0.5) is 10.2 Å². The number of aryl methyl sites for hydroxylation is 2. The number of fused-ring (bicyclic) bond motifs is 2. The molecule has 0 bridgehead atoms. The summed E-state index contributed by atoms with van der Waals surface area (Å²) in [5.74, 6) is 0.248. The van der Waals surface area contributed by atoms with Crippen LogP contribution in [0.2, 0.25) is 0 Å². The lowest BCUT2D eigenvalue weighted by molar-refractivity contribution is 0.182. The quantitative estimate of drug-likeness (QED) is 0.761. The molecule has 138 valence electrons. The summed E-state index contributed by atoms with van der Waals surface area (Å²) in [6.07, 6.45) is 4.26. The van der Waals surface area contributed by atoms with Crippen LogP contribution in [0.5, 0.6) is 0 Å². The van der Waals surface area contributed by atoms with Crippen molar-refractivity contribution in [2.24, 2.45) is 0 Å². The van der Waals surface area contributed by atoms with Gasteiger partial charge in [-0.25, -0.2) is 19.0 Å². The molecule has 2 aromatic heterocycles. The molecular formula is C19H18FN5O2. The highest BCUT2D eigenvalue weighted by molar-refractivity contribution is 5.88. The van der Waals surface area contributed by atoms with Gasteiger partial charge < -0.3 is 10.1 Å². The number of ether oxygens (including phenoxy) is 1. The summed E-state index contributed by atoms with van der Waals surface area (Å²) in [7, 11) is 0. The largest absolute Gasteiger partial charge is 0.377 e. The average Bonchev–Trinajstić information content (AvgIpc) is 3.29. The molecule has 3 heterocycles. The number of nitrogens with one attached hydrogen (secondary N) is 1. The molecule has 0 amide bonds. The first-order valence-electron chi connectivity index (χ1n) is 9.05. The van der Waals surface area contributed by atoms with E-state index in [1.165, 1.54) is 23.1 Å². The number of anilines is 1. The second-order valence-electron chi connectivity index (χ2n) is 6.99. The van der Waals surface area contributed by atoms with Crippen molar-refractivity contribution in [2.45, 2.75) is 31.3 Å². The predicted octanol–water partition coefficient (Wildman–Crippen LogP) is 1.87. The minimum absolute atomic E-state index is 0.104. The van der Waals surface area contributed by atoms with E-state index >= 15 is 0 Å². The summed E-state index contributed by atoms with van der Waals surface area (Å²) in [5, 5.41) is 8.67. The lowest BCUT2D eigenvalue weighted by atomic mass is 10.1. The monoisotopic (exact) mass is 367 g/mol. The number of nitrogens with zero attached hydrogens (tertiary/aromatic N) is 4. The Balaban J connectivity index is 1.49. The summed E-state index contributed by atoms with van der Waals surface area (Å²) in [6.45, 7) is 0.837. The molecule has 1 N–H and O–H groups in total. The third-order valence-electron chi connectivity index (χ3n) is 5.27.